The number of nitrogens with zero attached hydrogens (tertiary/aromatic N) is 3. The lowest BCUT2D eigenvalue weighted by molar-refractivity contribution is 0.669. The second-order valence-electron chi connectivity index (χ2n) is 11.6. The fraction of sp³-hybridized carbons (Fsp3) is 0. The van der Waals surface area contributed by atoms with E-state index in [-0.39, 0.29) is 0 Å². The lowest BCUT2D eigenvalue weighted by Crippen LogP contribution is -2.01. The highest BCUT2D eigenvalue weighted by molar-refractivity contribution is 7.25. The van der Waals surface area contributed by atoms with E-state index in [2.05, 4.69) is 115 Å². The molecule has 46 heavy (non-hydrogen) atoms. The van der Waals surface area contributed by atoms with Gasteiger partial charge in [-0.2, -0.15) is 0 Å². The van der Waals surface area contributed by atoms with Gasteiger partial charge in [0.25, 0.3) is 0 Å². The van der Waals surface area contributed by atoms with Crippen molar-refractivity contribution in [2.75, 3.05) is 0 Å². The largest absolute Gasteiger partial charge is 0.455 e. The van der Waals surface area contributed by atoms with Gasteiger partial charge in [-0.3, -0.25) is 0 Å². The quantitative estimate of drug-likeness (QED) is 0.188. The Balaban J connectivity index is 1.28. The van der Waals surface area contributed by atoms with Gasteiger partial charge in [0.1, 0.15) is 11.2 Å². The third kappa shape index (κ3) is 3.82. The summed E-state index contributed by atoms with van der Waals surface area (Å²) in [4.78, 5) is 15.6. The predicted molar refractivity (Wildman–Crippen MR) is 191 cm³/mol. The number of hydrogen-bond acceptors (Lipinski definition) is 5. The van der Waals surface area contributed by atoms with Gasteiger partial charge in [0.05, 0.1) is 5.56 Å². The first kappa shape index (κ1) is 25.4. The van der Waals surface area contributed by atoms with Crippen LogP contribution in [0.5, 0.6) is 0 Å². The highest BCUT2D eigenvalue weighted by Gasteiger charge is 2.19. The maximum absolute atomic E-state index is 6.45. The van der Waals surface area contributed by atoms with E-state index in [0.717, 1.165) is 49.4 Å². The molecule has 0 radical (unpaired) electrons. The SMILES string of the molecule is c1ccc2c(c1)ccc1cccc(-c3nc(-c4ccc5sc6ccccc6c5c4)nc(-c4cccc5c4oc4ccccc45)n3)c12. The third-order valence-corrected chi connectivity index (χ3v) is 10.1. The van der Waals surface area contributed by atoms with E-state index in [4.69, 9.17) is 19.4 Å². The summed E-state index contributed by atoms with van der Waals surface area (Å²) in [6.07, 6.45) is 0. The summed E-state index contributed by atoms with van der Waals surface area (Å²) in [5.41, 5.74) is 4.37. The molecule has 4 nitrogen and oxygen atoms in total. The molecular formula is C41H23N3OS. The van der Waals surface area contributed by atoms with Crippen molar-refractivity contribution in [3.63, 3.8) is 0 Å². The topological polar surface area (TPSA) is 51.8 Å². The average molecular weight is 606 g/mol. The summed E-state index contributed by atoms with van der Waals surface area (Å²) in [6, 6.07) is 48.6. The molecule has 0 N–H and O–H groups in total. The molecule has 3 heterocycles. The van der Waals surface area contributed by atoms with Gasteiger partial charge < -0.3 is 4.42 Å². The number of fused-ring (bicyclic) bond motifs is 9. The van der Waals surface area contributed by atoms with Gasteiger partial charge in [0.15, 0.2) is 17.5 Å². The van der Waals surface area contributed by atoms with Crippen molar-refractivity contribution >= 4 is 75.0 Å². The fourth-order valence-corrected chi connectivity index (χ4v) is 7.87. The minimum absolute atomic E-state index is 0.581. The van der Waals surface area contributed by atoms with E-state index in [1.807, 2.05) is 24.3 Å². The maximum atomic E-state index is 6.45. The Hall–Kier alpha value is -5.91. The molecule has 5 heteroatoms. The van der Waals surface area contributed by atoms with Crippen LogP contribution < -0.4 is 0 Å². The van der Waals surface area contributed by atoms with Crippen molar-refractivity contribution in [1.29, 1.82) is 0 Å². The number of para-hydroxylation sites is 2. The zero-order valence-electron chi connectivity index (χ0n) is 24.4. The first-order valence-electron chi connectivity index (χ1n) is 15.3. The monoisotopic (exact) mass is 605 g/mol. The van der Waals surface area contributed by atoms with Crippen LogP contribution in [0.3, 0.4) is 0 Å². The Morgan fingerprint density at radius 3 is 2.02 bits per heavy atom. The minimum atomic E-state index is 0.581. The van der Waals surface area contributed by atoms with Crippen molar-refractivity contribution in [2.45, 2.75) is 0 Å². The van der Waals surface area contributed by atoms with Crippen LogP contribution in [0.2, 0.25) is 0 Å². The molecule has 7 aromatic carbocycles. The molecule has 10 aromatic rings. The normalized spacial score (nSPS) is 11.9. The van der Waals surface area contributed by atoms with Crippen LogP contribution in [-0.4, -0.2) is 15.0 Å². The molecule has 0 spiro atoms. The highest BCUT2D eigenvalue weighted by Crippen LogP contribution is 2.39. The fourth-order valence-electron chi connectivity index (χ4n) is 6.78. The summed E-state index contributed by atoms with van der Waals surface area (Å²) in [6.45, 7) is 0. The molecule has 0 saturated carbocycles. The summed E-state index contributed by atoms with van der Waals surface area (Å²) in [7, 11) is 0. The molecule has 0 unspecified atom stereocenters. The minimum Gasteiger partial charge on any atom is -0.455 e. The van der Waals surface area contributed by atoms with Crippen LogP contribution in [0.4, 0.5) is 0 Å². The van der Waals surface area contributed by atoms with E-state index >= 15 is 0 Å². The van der Waals surface area contributed by atoms with Gasteiger partial charge in [-0.05, 0) is 52.6 Å². The summed E-state index contributed by atoms with van der Waals surface area (Å²) in [5.74, 6) is 1.84. The van der Waals surface area contributed by atoms with Gasteiger partial charge in [0, 0.05) is 47.5 Å². The number of thiophene rings is 1. The Kier molecular flexibility index (Phi) is 5.41. The average Bonchev–Trinajstić information content (AvgIpc) is 3.69. The van der Waals surface area contributed by atoms with Crippen molar-refractivity contribution in [3.8, 4) is 34.2 Å². The van der Waals surface area contributed by atoms with Crippen LogP contribution in [0, 0.1) is 0 Å². The number of aromatic nitrogens is 3. The first-order chi connectivity index (χ1) is 22.8. The first-order valence-corrected chi connectivity index (χ1v) is 16.1. The Bertz CT molecular complexity index is 2830. The summed E-state index contributed by atoms with van der Waals surface area (Å²) in [5, 5.41) is 9.19. The van der Waals surface area contributed by atoms with E-state index in [0.29, 0.717) is 17.5 Å². The number of rotatable bonds is 3. The van der Waals surface area contributed by atoms with Gasteiger partial charge in [-0.15, -0.1) is 11.3 Å². The smallest absolute Gasteiger partial charge is 0.167 e. The van der Waals surface area contributed by atoms with Crippen molar-refractivity contribution in [2.24, 2.45) is 0 Å². The van der Waals surface area contributed by atoms with Crippen LogP contribution in [0.15, 0.2) is 144 Å². The van der Waals surface area contributed by atoms with Crippen LogP contribution in [-0.2, 0) is 0 Å². The van der Waals surface area contributed by atoms with Crippen LogP contribution in [0.25, 0.3) is 97.8 Å². The predicted octanol–water partition coefficient (Wildman–Crippen LogP) is 11.4. The van der Waals surface area contributed by atoms with Crippen LogP contribution in [0.1, 0.15) is 0 Å². The molecule has 0 aliphatic carbocycles. The van der Waals surface area contributed by atoms with E-state index in [1.165, 1.54) is 30.9 Å². The van der Waals surface area contributed by atoms with E-state index in [9.17, 15) is 0 Å². The molecule has 0 fully saturated rings. The molecule has 10 rings (SSSR count). The van der Waals surface area contributed by atoms with E-state index < -0.39 is 0 Å². The van der Waals surface area contributed by atoms with Crippen molar-refractivity contribution in [1.82, 2.24) is 15.0 Å². The second kappa shape index (κ2) is 9.80. The molecule has 0 aliphatic heterocycles. The molecule has 0 aliphatic rings. The molecule has 214 valence electrons. The Morgan fingerprint density at radius 1 is 0.435 bits per heavy atom. The standard InChI is InChI=1S/C41H23N3OS/c1-2-11-27-24(9-1)19-20-25-10-7-15-31(37(25)27)40-42-39(26-21-22-36-33(23-26)29-13-4-6-18-35(29)46-36)43-41(44-40)32-16-8-14-30-28-12-3-5-17-34(28)45-38(30)32/h1-23H. The van der Waals surface area contributed by atoms with Gasteiger partial charge >= 0.3 is 0 Å². The second-order valence-corrected chi connectivity index (χ2v) is 12.7. The van der Waals surface area contributed by atoms with Crippen LogP contribution >= 0.6 is 11.3 Å². The zero-order valence-corrected chi connectivity index (χ0v) is 25.3. The number of benzene rings is 7. The van der Waals surface area contributed by atoms with Gasteiger partial charge in [-0.1, -0.05) is 103 Å². The Morgan fingerprint density at radius 2 is 1.09 bits per heavy atom. The molecule has 0 amide bonds. The highest BCUT2D eigenvalue weighted by atomic mass is 32.1. The zero-order chi connectivity index (χ0) is 30.2. The Labute approximate surface area is 267 Å². The number of hydrogen-bond donors (Lipinski definition) is 0. The van der Waals surface area contributed by atoms with Crippen molar-refractivity contribution in [3.05, 3.63) is 140 Å². The van der Waals surface area contributed by atoms with E-state index in [1.54, 1.807) is 11.3 Å². The molecule has 3 aromatic heterocycles. The summed E-state index contributed by atoms with van der Waals surface area (Å²) < 4.78 is 8.97. The lowest BCUT2D eigenvalue weighted by atomic mass is 9.97. The van der Waals surface area contributed by atoms with Gasteiger partial charge in [-0.25, -0.2) is 15.0 Å². The summed E-state index contributed by atoms with van der Waals surface area (Å²) >= 11 is 1.81. The molecule has 0 atom stereocenters. The molecular weight excluding hydrogens is 583 g/mol. The maximum Gasteiger partial charge on any atom is 0.167 e. The molecule has 0 bridgehead atoms. The lowest BCUT2D eigenvalue weighted by Gasteiger charge is -2.12. The number of furan rings is 1. The third-order valence-electron chi connectivity index (χ3n) is 8.93. The van der Waals surface area contributed by atoms with Crippen molar-refractivity contribution < 1.29 is 4.42 Å². The molecule has 0 saturated heterocycles. The van der Waals surface area contributed by atoms with Gasteiger partial charge in [0.2, 0.25) is 0 Å².